The summed E-state index contributed by atoms with van der Waals surface area (Å²) in [4.78, 5) is 35.8. The number of nitrogens with zero attached hydrogens (tertiary/aromatic N) is 1. The van der Waals surface area contributed by atoms with Crippen LogP contribution in [0.25, 0.3) is 0 Å². The topological polar surface area (TPSA) is 54.5 Å². The van der Waals surface area contributed by atoms with Gasteiger partial charge in [0.15, 0.2) is 0 Å². The van der Waals surface area contributed by atoms with Gasteiger partial charge in [-0.1, -0.05) is 6.07 Å². The monoisotopic (exact) mass is 295 g/mol. The number of carbonyl (C=O) groups is 3. The number of amides is 1. The second-order valence-corrected chi connectivity index (χ2v) is 4.73. The first-order valence-corrected chi connectivity index (χ1v) is 5.96. The Morgan fingerprint density at radius 1 is 1.35 bits per heavy atom. The zero-order chi connectivity index (χ0) is 12.6. The zero-order valence-corrected chi connectivity index (χ0v) is 10.8. The van der Waals surface area contributed by atoms with Crippen molar-refractivity contribution >= 4 is 39.1 Å². The van der Waals surface area contributed by atoms with Gasteiger partial charge in [0.1, 0.15) is 5.78 Å². The third-order valence-electron chi connectivity index (χ3n) is 2.64. The molecular weight excluding hydrogens is 286 g/mol. The lowest BCUT2D eigenvalue weighted by Crippen LogP contribution is -2.31. The summed E-state index contributed by atoms with van der Waals surface area (Å²) >= 11 is 3.26. The van der Waals surface area contributed by atoms with Gasteiger partial charge in [-0.15, -0.1) is 0 Å². The molecular formula is C12H10BrNO3. The Kier molecular flexibility index (Phi) is 3.11. The van der Waals surface area contributed by atoms with Crippen molar-refractivity contribution in [1.82, 2.24) is 0 Å². The average molecular weight is 296 g/mol. The van der Waals surface area contributed by atoms with Gasteiger partial charge in [-0.05, 0) is 35.0 Å². The second-order valence-electron chi connectivity index (χ2n) is 3.87. The third-order valence-corrected chi connectivity index (χ3v) is 3.30. The number of fused-ring (bicyclic) bond motifs is 1. The summed E-state index contributed by atoms with van der Waals surface area (Å²) in [5.41, 5.74) is 0.969. The van der Waals surface area contributed by atoms with Crippen molar-refractivity contribution in [2.75, 3.05) is 11.4 Å². The molecule has 0 radical (unpaired) electrons. The van der Waals surface area contributed by atoms with Gasteiger partial charge in [0.2, 0.25) is 0 Å². The normalized spacial score (nSPS) is 14.1. The molecule has 0 saturated carbocycles. The van der Waals surface area contributed by atoms with Gasteiger partial charge in [0.25, 0.3) is 11.7 Å². The van der Waals surface area contributed by atoms with E-state index in [1.165, 1.54) is 11.8 Å². The van der Waals surface area contributed by atoms with E-state index in [2.05, 4.69) is 15.9 Å². The summed E-state index contributed by atoms with van der Waals surface area (Å²) in [6, 6.07) is 5.19. The highest BCUT2D eigenvalue weighted by atomic mass is 79.9. The summed E-state index contributed by atoms with van der Waals surface area (Å²) in [6.07, 6.45) is 0.255. The van der Waals surface area contributed by atoms with E-state index in [1.807, 2.05) is 0 Å². The fraction of sp³-hybridized carbons (Fsp3) is 0.250. The molecule has 0 saturated heterocycles. The molecule has 0 bridgehead atoms. The smallest absolute Gasteiger partial charge is 0.299 e. The van der Waals surface area contributed by atoms with E-state index in [0.29, 0.717) is 15.7 Å². The maximum atomic E-state index is 11.8. The fourth-order valence-electron chi connectivity index (χ4n) is 1.79. The molecule has 1 amide bonds. The number of carbonyl (C=O) groups excluding carboxylic acids is 3. The van der Waals surface area contributed by atoms with Crippen molar-refractivity contribution in [3.63, 3.8) is 0 Å². The van der Waals surface area contributed by atoms with E-state index in [-0.39, 0.29) is 18.7 Å². The summed E-state index contributed by atoms with van der Waals surface area (Å²) in [5.74, 6) is -1.09. The molecule has 1 aromatic rings. The first-order valence-electron chi connectivity index (χ1n) is 5.16. The number of ketones is 2. The molecule has 5 heteroatoms. The number of benzene rings is 1. The molecule has 2 rings (SSSR count). The maximum absolute atomic E-state index is 11.8. The SMILES string of the molecule is CC(=O)CCN1C(=O)C(=O)c2c(Br)cccc21. The minimum atomic E-state index is -0.562. The van der Waals surface area contributed by atoms with E-state index in [0.717, 1.165) is 0 Å². The highest BCUT2D eigenvalue weighted by molar-refractivity contribution is 9.10. The molecule has 0 atom stereocenters. The van der Waals surface area contributed by atoms with Crippen LogP contribution in [0, 0.1) is 0 Å². The van der Waals surface area contributed by atoms with Gasteiger partial charge in [-0.3, -0.25) is 14.4 Å². The van der Waals surface area contributed by atoms with Crippen LogP contribution in [0.5, 0.6) is 0 Å². The van der Waals surface area contributed by atoms with Gasteiger partial charge in [0.05, 0.1) is 11.3 Å². The van der Waals surface area contributed by atoms with E-state index in [4.69, 9.17) is 0 Å². The highest BCUT2D eigenvalue weighted by Gasteiger charge is 2.36. The third kappa shape index (κ3) is 2.02. The molecule has 1 aliphatic heterocycles. The average Bonchev–Trinajstić information content (AvgIpc) is 2.51. The van der Waals surface area contributed by atoms with Crippen LogP contribution in [0.4, 0.5) is 5.69 Å². The number of halogens is 1. The Labute approximate surface area is 107 Å². The van der Waals surface area contributed by atoms with Gasteiger partial charge >= 0.3 is 0 Å². The summed E-state index contributed by atoms with van der Waals surface area (Å²) < 4.78 is 0.610. The summed E-state index contributed by atoms with van der Waals surface area (Å²) in [6.45, 7) is 1.72. The molecule has 1 aliphatic rings. The molecule has 0 unspecified atom stereocenters. The Bertz CT molecular complexity index is 524. The van der Waals surface area contributed by atoms with Crippen LogP contribution in [-0.4, -0.2) is 24.0 Å². The molecule has 88 valence electrons. The first kappa shape index (κ1) is 12.0. The van der Waals surface area contributed by atoms with Gasteiger partial charge in [0, 0.05) is 17.4 Å². The molecule has 0 aliphatic carbocycles. The second kappa shape index (κ2) is 4.41. The summed E-state index contributed by atoms with van der Waals surface area (Å²) in [7, 11) is 0. The Morgan fingerprint density at radius 3 is 2.71 bits per heavy atom. The van der Waals surface area contributed by atoms with Crippen LogP contribution >= 0.6 is 15.9 Å². The molecule has 1 aromatic carbocycles. The molecule has 1 heterocycles. The van der Waals surface area contributed by atoms with Crippen molar-refractivity contribution in [2.45, 2.75) is 13.3 Å². The van der Waals surface area contributed by atoms with Crippen LogP contribution < -0.4 is 4.90 Å². The van der Waals surface area contributed by atoms with Crippen molar-refractivity contribution < 1.29 is 14.4 Å². The number of hydrogen-bond acceptors (Lipinski definition) is 3. The van der Waals surface area contributed by atoms with Crippen molar-refractivity contribution in [3.05, 3.63) is 28.2 Å². The molecule has 0 aromatic heterocycles. The van der Waals surface area contributed by atoms with Crippen LogP contribution in [0.2, 0.25) is 0 Å². The van der Waals surface area contributed by atoms with Crippen molar-refractivity contribution in [3.8, 4) is 0 Å². The fourth-order valence-corrected chi connectivity index (χ4v) is 2.33. The van der Waals surface area contributed by atoms with Gasteiger partial charge < -0.3 is 4.90 Å². The lowest BCUT2D eigenvalue weighted by atomic mass is 10.1. The van der Waals surface area contributed by atoms with Crippen LogP contribution in [0.15, 0.2) is 22.7 Å². The lowest BCUT2D eigenvalue weighted by Gasteiger charge is -2.15. The highest BCUT2D eigenvalue weighted by Crippen LogP contribution is 2.34. The number of rotatable bonds is 3. The Morgan fingerprint density at radius 2 is 2.06 bits per heavy atom. The van der Waals surface area contributed by atoms with E-state index in [1.54, 1.807) is 18.2 Å². The minimum absolute atomic E-state index is 0.00584. The van der Waals surface area contributed by atoms with Crippen LogP contribution in [0.3, 0.4) is 0 Å². The van der Waals surface area contributed by atoms with Crippen molar-refractivity contribution in [1.29, 1.82) is 0 Å². The predicted molar refractivity (Wildman–Crippen MR) is 66.1 cm³/mol. The van der Waals surface area contributed by atoms with E-state index >= 15 is 0 Å². The molecule has 0 N–H and O–H groups in total. The van der Waals surface area contributed by atoms with Crippen LogP contribution in [0.1, 0.15) is 23.7 Å². The molecule has 0 fully saturated rings. The van der Waals surface area contributed by atoms with E-state index in [9.17, 15) is 14.4 Å². The Balaban J connectivity index is 2.38. The molecule has 17 heavy (non-hydrogen) atoms. The standard InChI is InChI=1S/C12H10BrNO3/c1-7(15)5-6-14-9-4-2-3-8(13)10(9)11(16)12(14)17/h2-4H,5-6H2,1H3. The Hall–Kier alpha value is -1.49. The van der Waals surface area contributed by atoms with Crippen LogP contribution in [-0.2, 0) is 9.59 Å². The zero-order valence-electron chi connectivity index (χ0n) is 9.20. The van der Waals surface area contributed by atoms with E-state index < -0.39 is 11.7 Å². The van der Waals surface area contributed by atoms with Gasteiger partial charge in [-0.25, -0.2) is 0 Å². The number of Topliss-reactive ketones (excluding diaryl/α,β-unsaturated/α-hetero) is 2. The number of anilines is 1. The predicted octanol–water partition coefficient (Wildman–Crippen LogP) is 1.96. The number of hydrogen-bond donors (Lipinski definition) is 0. The quantitative estimate of drug-likeness (QED) is 0.801. The lowest BCUT2D eigenvalue weighted by molar-refractivity contribution is -0.117. The van der Waals surface area contributed by atoms with Crippen molar-refractivity contribution in [2.24, 2.45) is 0 Å². The van der Waals surface area contributed by atoms with Gasteiger partial charge in [-0.2, -0.15) is 0 Å². The molecule has 0 spiro atoms. The minimum Gasteiger partial charge on any atom is -0.304 e. The summed E-state index contributed by atoms with van der Waals surface area (Å²) in [5, 5.41) is 0. The maximum Gasteiger partial charge on any atom is 0.299 e. The first-order chi connectivity index (χ1) is 8.02. The largest absolute Gasteiger partial charge is 0.304 e. The molecule has 4 nitrogen and oxygen atoms in total.